The van der Waals surface area contributed by atoms with Crippen LogP contribution in [0.4, 0.5) is 11.4 Å². The van der Waals surface area contributed by atoms with Crippen LogP contribution in [0.15, 0.2) is 77.3 Å². The Morgan fingerprint density at radius 2 is 1.60 bits per heavy atom. The van der Waals surface area contributed by atoms with Crippen molar-refractivity contribution in [2.45, 2.75) is 13.8 Å². The lowest BCUT2D eigenvalue weighted by atomic mass is 10.2. The van der Waals surface area contributed by atoms with Crippen LogP contribution in [-0.2, 0) is 9.59 Å². The van der Waals surface area contributed by atoms with Gasteiger partial charge in [0.2, 0.25) is 0 Å². The first kappa shape index (κ1) is 24.0. The lowest BCUT2D eigenvalue weighted by Crippen LogP contribution is -2.36. The number of nitrogens with one attached hydrogen (secondary N) is 3. The minimum Gasteiger partial charge on any atom is -0.492 e. The molecule has 0 aliphatic carbocycles. The van der Waals surface area contributed by atoms with E-state index in [1.165, 1.54) is 4.68 Å². The number of aryl methyl sites for hydroxylation is 1. The Morgan fingerprint density at radius 1 is 0.886 bits per heavy atom. The van der Waals surface area contributed by atoms with Crippen LogP contribution in [0.1, 0.15) is 23.0 Å². The summed E-state index contributed by atoms with van der Waals surface area (Å²) in [5.74, 6) is -1.83. The van der Waals surface area contributed by atoms with Crippen molar-refractivity contribution in [3.63, 3.8) is 0 Å². The number of rotatable bonds is 6. The summed E-state index contributed by atoms with van der Waals surface area (Å²) >= 11 is 3.42. The summed E-state index contributed by atoms with van der Waals surface area (Å²) in [5.41, 5.74) is 5.18. The van der Waals surface area contributed by atoms with Crippen molar-refractivity contribution >= 4 is 55.9 Å². The maximum Gasteiger partial charge on any atom is 0.328 e. The van der Waals surface area contributed by atoms with Gasteiger partial charge >= 0.3 is 11.8 Å². The van der Waals surface area contributed by atoms with Gasteiger partial charge in [0.15, 0.2) is 0 Å². The van der Waals surface area contributed by atoms with Crippen molar-refractivity contribution < 1.29 is 19.1 Å². The number of ether oxygens (including phenoxy) is 1. The first-order chi connectivity index (χ1) is 16.9. The number of anilines is 2. The molecule has 4 rings (SSSR count). The molecular formula is C26H23BrN4O4. The monoisotopic (exact) mass is 534 g/mol. The van der Waals surface area contributed by atoms with Crippen LogP contribution >= 0.6 is 15.9 Å². The molecule has 8 nitrogen and oxygen atoms in total. The van der Waals surface area contributed by atoms with Gasteiger partial charge in [0.25, 0.3) is 5.91 Å². The third kappa shape index (κ3) is 5.36. The van der Waals surface area contributed by atoms with Gasteiger partial charge in [-0.3, -0.25) is 19.8 Å². The number of halogens is 1. The number of hydrogen-bond donors (Lipinski definition) is 3. The molecule has 178 valence electrons. The fourth-order valence-electron chi connectivity index (χ4n) is 3.56. The number of aromatic nitrogens is 1. The van der Waals surface area contributed by atoms with Crippen LogP contribution in [0, 0.1) is 6.92 Å². The minimum absolute atomic E-state index is 0.164. The summed E-state index contributed by atoms with van der Waals surface area (Å²) in [6.07, 6.45) is 0. The number of hydrogen-bond acceptors (Lipinski definition) is 4. The van der Waals surface area contributed by atoms with E-state index in [9.17, 15) is 14.4 Å². The van der Waals surface area contributed by atoms with Crippen molar-refractivity contribution in [3.05, 3.63) is 88.5 Å². The quantitative estimate of drug-likeness (QED) is 0.300. The number of nitrogens with zero attached hydrogens (tertiary/aromatic N) is 1. The second-order valence-corrected chi connectivity index (χ2v) is 8.58. The largest absolute Gasteiger partial charge is 0.492 e. The van der Waals surface area contributed by atoms with Crippen LogP contribution in [0.2, 0.25) is 0 Å². The van der Waals surface area contributed by atoms with E-state index >= 15 is 0 Å². The second kappa shape index (κ2) is 10.4. The standard InChI is InChI=1S/C26H23BrN4O4/c1-3-35-23-11-7-6-10-20(23)29-25(33)26(34)30-31-21-13-12-18(27)14-17(21)15-22(31)24(32)28-19-9-5-4-8-16(19)2/h4-15H,3H2,1-2H3,(H,28,32)(H,29,33)(H,30,34). The van der Waals surface area contributed by atoms with E-state index in [1.54, 1.807) is 48.5 Å². The van der Waals surface area contributed by atoms with E-state index in [2.05, 4.69) is 32.0 Å². The number of fused-ring (bicyclic) bond motifs is 1. The van der Waals surface area contributed by atoms with Gasteiger partial charge < -0.3 is 15.4 Å². The zero-order valence-corrected chi connectivity index (χ0v) is 20.7. The van der Waals surface area contributed by atoms with E-state index < -0.39 is 17.7 Å². The minimum atomic E-state index is -0.943. The van der Waals surface area contributed by atoms with E-state index in [1.807, 2.05) is 38.1 Å². The van der Waals surface area contributed by atoms with Crippen molar-refractivity contribution in [2.75, 3.05) is 22.7 Å². The van der Waals surface area contributed by atoms with E-state index in [4.69, 9.17) is 4.74 Å². The first-order valence-electron chi connectivity index (χ1n) is 10.9. The normalized spacial score (nSPS) is 10.6. The smallest absolute Gasteiger partial charge is 0.328 e. The molecule has 0 saturated heterocycles. The molecule has 0 aliphatic heterocycles. The van der Waals surface area contributed by atoms with Crippen LogP contribution in [0.5, 0.6) is 5.75 Å². The lowest BCUT2D eigenvalue weighted by molar-refractivity contribution is -0.133. The Balaban J connectivity index is 1.63. The van der Waals surface area contributed by atoms with Crippen LogP contribution < -0.4 is 20.8 Å². The topological polar surface area (TPSA) is 101 Å². The molecular weight excluding hydrogens is 512 g/mol. The van der Waals surface area contributed by atoms with E-state index in [0.717, 1.165) is 10.0 Å². The van der Waals surface area contributed by atoms with Gasteiger partial charge in [-0.1, -0.05) is 46.3 Å². The van der Waals surface area contributed by atoms with Crippen molar-refractivity contribution in [1.82, 2.24) is 4.68 Å². The van der Waals surface area contributed by atoms with Gasteiger partial charge in [-0.25, -0.2) is 4.68 Å². The first-order valence-corrected chi connectivity index (χ1v) is 11.7. The highest BCUT2D eigenvalue weighted by atomic mass is 79.9. The van der Waals surface area contributed by atoms with Crippen LogP contribution in [0.3, 0.4) is 0 Å². The fourth-order valence-corrected chi connectivity index (χ4v) is 3.93. The molecule has 0 fully saturated rings. The molecule has 1 aromatic heterocycles. The predicted molar refractivity (Wildman–Crippen MR) is 139 cm³/mol. The average molecular weight is 535 g/mol. The van der Waals surface area contributed by atoms with Gasteiger partial charge in [-0.2, -0.15) is 0 Å². The number of para-hydroxylation sites is 3. The second-order valence-electron chi connectivity index (χ2n) is 7.66. The third-order valence-electron chi connectivity index (χ3n) is 5.24. The highest BCUT2D eigenvalue weighted by molar-refractivity contribution is 9.10. The Kier molecular flexibility index (Phi) is 7.17. The SMILES string of the molecule is CCOc1ccccc1NC(=O)C(=O)Nn1c(C(=O)Nc2ccccc2C)cc2cc(Br)ccc21. The number of carbonyl (C=O) groups excluding carboxylic acids is 3. The molecule has 1 heterocycles. The van der Waals surface area contributed by atoms with Gasteiger partial charge in [-0.15, -0.1) is 0 Å². The van der Waals surface area contributed by atoms with Gasteiger partial charge in [0, 0.05) is 15.5 Å². The molecule has 4 aromatic rings. The zero-order valence-electron chi connectivity index (χ0n) is 19.1. The molecule has 9 heteroatoms. The molecule has 3 N–H and O–H groups in total. The maximum absolute atomic E-state index is 13.2. The molecule has 0 bridgehead atoms. The lowest BCUT2D eigenvalue weighted by Gasteiger charge is -2.14. The summed E-state index contributed by atoms with van der Waals surface area (Å²) in [4.78, 5) is 38.7. The number of carbonyl (C=O) groups is 3. The number of benzene rings is 3. The molecule has 0 unspecified atom stereocenters. The molecule has 35 heavy (non-hydrogen) atoms. The molecule has 0 spiro atoms. The highest BCUT2D eigenvalue weighted by Gasteiger charge is 2.22. The van der Waals surface area contributed by atoms with Crippen molar-refractivity contribution in [1.29, 1.82) is 0 Å². The summed E-state index contributed by atoms with van der Waals surface area (Å²) < 4.78 is 7.62. The molecule has 3 amide bonds. The Bertz CT molecular complexity index is 1430. The molecule has 0 aliphatic rings. The van der Waals surface area contributed by atoms with Crippen molar-refractivity contribution in [3.8, 4) is 5.75 Å². The molecule has 0 radical (unpaired) electrons. The summed E-state index contributed by atoms with van der Waals surface area (Å²) in [6.45, 7) is 4.11. The highest BCUT2D eigenvalue weighted by Crippen LogP contribution is 2.25. The van der Waals surface area contributed by atoms with Crippen LogP contribution in [0.25, 0.3) is 10.9 Å². The number of amides is 3. The zero-order chi connectivity index (χ0) is 24.9. The van der Waals surface area contributed by atoms with Gasteiger partial charge in [0.1, 0.15) is 11.4 Å². The van der Waals surface area contributed by atoms with Crippen LogP contribution in [-0.4, -0.2) is 29.0 Å². The maximum atomic E-state index is 13.2. The Labute approximate surface area is 210 Å². The Hall–Kier alpha value is -4.11. The molecule has 3 aromatic carbocycles. The van der Waals surface area contributed by atoms with E-state index in [-0.39, 0.29) is 5.69 Å². The Morgan fingerprint density at radius 3 is 2.34 bits per heavy atom. The predicted octanol–water partition coefficient (Wildman–Crippen LogP) is 5.07. The summed E-state index contributed by atoms with van der Waals surface area (Å²) in [7, 11) is 0. The van der Waals surface area contributed by atoms with E-state index in [0.29, 0.717) is 34.6 Å². The van der Waals surface area contributed by atoms with Gasteiger partial charge in [0.05, 0.1) is 17.8 Å². The summed E-state index contributed by atoms with van der Waals surface area (Å²) in [5, 5.41) is 6.14. The van der Waals surface area contributed by atoms with Crippen molar-refractivity contribution in [2.24, 2.45) is 0 Å². The summed E-state index contributed by atoms with van der Waals surface area (Å²) in [6, 6.07) is 21.2. The average Bonchev–Trinajstić information content (AvgIpc) is 3.19. The fraction of sp³-hybridized carbons (Fsp3) is 0.115. The third-order valence-corrected chi connectivity index (χ3v) is 5.74. The molecule has 0 atom stereocenters. The van der Waals surface area contributed by atoms with Gasteiger partial charge in [-0.05, 0) is 61.9 Å². The molecule has 0 saturated carbocycles.